The molecule has 5 heteroatoms. The third-order valence-corrected chi connectivity index (χ3v) is 5.84. The minimum Gasteiger partial charge on any atom is -0.481 e. The average molecular weight is 350 g/mol. The lowest BCUT2D eigenvalue weighted by molar-refractivity contribution is -0.144. The average Bonchev–Trinajstić information content (AvgIpc) is 2.98. The van der Waals surface area contributed by atoms with Crippen LogP contribution in [0.3, 0.4) is 0 Å². The smallest absolute Gasteiger partial charge is 0.307 e. The van der Waals surface area contributed by atoms with E-state index in [4.69, 9.17) is 11.6 Å². The summed E-state index contributed by atoms with van der Waals surface area (Å²) in [6.45, 7) is 3.64. The van der Waals surface area contributed by atoms with Gasteiger partial charge in [0.15, 0.2) is 0 Å². The van der Waals surface area contributed by atoms with Gasteiger partial charge < -0.3 is 5.11 Å². The van der Waals surface area contributed by atoms with Crippen molar-refractivity contribution in [1.82, 2.24) is 4.90 Å². The Kier molecular flexibility index (Phi) is 5.05. The number of halogens is 1. The van der Waals surface area contributed by atoms with Crippen molar-refractivity contribution in [3.05, 3.63) is 46.3 Å². The van der Waals surface area contributed by atoms with Crippen LogP contribution >= 0.6 is 22.9 Å². The van der Waals surface area contributed by atoms with E-state index in [1.165, 1.54) is 9.75 Å². The van der Waals surface area contributed by atoms with Crippen molar-refractivity contribution in [3.8, 4) is 10.4 Å². The molecule has 2 aromatic rings. The summed E-state index contributed by atoms with van der Waals surface area (Å²) in [5.74, 6) is -0.911. The molecular formula is C18H20ClNO2S. The van der Waals surface area contributed by atoms with Crippen LogP contribution in [0.15, 0.2) is 36.4 Å². The maximum absolute atomic E-state index is 11.2. The van der Waals surface area contributed by atoms with Crippen molar-refractivity contribution in [2.45, 2.75) is 32.4 Å². The van der Waals surface area contributed by atoms with Crippen molar-refractivity contribution in [3.63, 3.8) is 0 Å². The first kappa shape index (κ1) is 16.5. The van der Waals surface area contributed by atoms with Crippen LogP contribution in [0.25, 0.3) is 10.4 Å². The molecule has 1 aliphatic heterocycles. The molecule has 1 N–H and O–H groups in total. The van der Waals surface area contributed by atoms with Crippen molar-refractivity contribution in [2.75, 3.05) is 6.54 Å². The van der Waals surface area contributed by atoms with Gasteiger partial charge in [-0.3, -0.25) is 9.69 Å². The van der Waals surface area contributed by atoms with Gasteiger partial charge in [0.1, 0.15) is 0 Å². The summed E-state index contributed by atoms with van der Waals surface area (Å²) in [4.78, 5) is 16.0. The Balaban J connectivity index is 1.72. The van der Waals surface area contributed by atoms with Gasteiger partial charge in [-0.2, -0.15) is 0 Å². The summed E-state index contributed by atoms with van der Waals surface area (Å²) >= 11 is 7.82. The first-order chi connectivity index (χ1) is 11.0. The maximum atomic E-state index is 11.2. The molecule has 0 aliphatic carbocycles. The first-order valence-corrected chi connectivity index (χ1v) is 9.04. The SMILES string of the molecule is CC1CCC(C(=O)O)CN1Cc1ccc(-c2cccc(Cl)c2)s1. The van der Waals surface area contributed by atoms with E-state index >= 15 is 0 Å². The van der Waals surface area contributed by atoms with Gasteiger partial charge in [-0.15, -0.1) is 11.3 Å². The first-order valence-electron chi connectivity index (χ1n) is 7.84. The van der Waals surface area contributed by atoms with Gasteiger partial charge in [-0.25, -0.2) is 0 Å². The molecule has 23 heavy (non-hydrogen) atoms. The predicted molar refractivity (Wildman–Crippen MR) is 95.0 cm³/mol. The van der Waals surface area contributed by atoms with Gasteiger partial charge >= 0.3 is 5.97 Å². The maximum Gasteiger partial charge on any atom is 0.307 e. The van der Waals surface area contributed by atoms with Crippen molar-refractivity contribution < 1.29 is 9.90 Å². The van der Waals surface area contributed by atoms with Gasteiger partial charge in [0, 0.05) is 33.9 Å². The Hall–Kier alpha value is -1.36. The van der Waals surface area contributed by atoms with E-state index in [2.05, 4.69) is 30.0 Å². The number of carboxylic acid groups (broad SMARTS) is 1. The third-order valence-electron chi connectivity index (χ3n) is 4.49. The summed E-state index contributed by atoms with van der Waals surface area (Å²) in [7, 11) is 0. The quantitative estimate of drug-likeness (QED) is 0.865. The molecule has 2 heterocycles. The zero-order valence-corrected chi connectivity index (χ0v) is 14.6. The van der Waals surface area contributed by atoms with Crippen LogP contribution in [0.5, 0.6) is 0 Å². The molecule has 122 valence electrons. The molecule has 0 amide bonds. The summed E-state index contributed by atoms with van der Waals surface area (Å²) < 4.78 is 0. The summed E-state index contributed by atoms with van der Waals surface area (Å²) in [6.07, 6.45) is 1.73. The van der Waals surface area contributed by atoms with E-state index in [-0.39, 0.29) is 5.92 Å². The number of nitrogens with zero attached hydrogens (tertiary/aromatic N) is 1. The van der Waals surface area contributed by atoms with E-state index in [1.807, 2.05) is 18.2 Å². The summed E-state index contributed by atoms with van der Waals surface area (Å²) in [5.41, 5.74) is 1.13. The Bertz CT molecular complexity index is 700. The van der Waals surface area contributed by atoms with Crippen molar-refractivity contribution >= 4 is 28.9 Å². The number of benzene rings is 1. The molecule has 2 unspecified atom stereocenters. The standard InChI is InChI=1S/C18H20ClNO2S/c1-12-5-6-14(18(21)22)10-20(12)11-16-7-8-17(23-16)13-3-2-4-15(19)9-13/h2-4,7-9,12,14H,5-6,10-11H2,1H3,(H,21,22). The second-order valence-electron chi connectivity index (χ2n) is 6.17. The molecule has 1 aliphatic rings. The number of piperidine rings is 1. The number of rotatable bonds is 4. The zero-order chi connectivity index (χ0) is 16.4. The molecule has 1 aromatic carbocycles. The number of hydrogen-bond acceptors (Lipinski definition) is 3. The Morgan fingerprint density at radius 1 is 1.35 bits per heavy atom. The van der Waals surface area contributed by atoms with E-state index in [0.717, 1.165) is 30.0 Å². The lowest BCUT2D eigenvalue weighted by Crippen LogP contribution is -2.43. The van der Waals surface area contributed by atoms with Crippen LogP contribution < -0.4 is 0 Å². The number of aliphatic carboxylic acids is 1. The molecular weight excluding hydrogens is 330 g/mol. The van der Waals surface area contributed by atoms with E-state index < -0.39 is 5.97 Å². The number of carboxylic acids is 1. The van der Waals surface area contributed by atoms with E-state index in [1.54, 1.807) is 11.3 Å². The predicted octanol–water partition coefficient (Wildman–Crippen LogP) is 4.75. The molecule has 1 fully saturated rings. The van der Waals surface area contributed by atoms with Crippen LogP contribution in [-0.2, 0) is 11.3 Å². The number of likely N-dealkylation sites (tertiary alicyclic amines) is 1. The second-order valence-corrected chi connectivity index (χ2v) is 7.77. The fraction of sp³-hybridized carbons (Fsp3) is 0.389. The van der Waals surface area contributed by atoms with Gasteiger partial charge in [-0.05, 0) is 49.6 Å². The van der Waals surface area contributed by atoms with E-state index in [0.29, 0.717) is 12.6 Å². The lowest BCUT2D eigenvalue weighted by Gasteiger charge is -2.36. The molecule has 0 radical (unpaired) electrons. The number of carbonyl (C=O) groups is 1. The van der Waals surface area contributed by atoms with Crippen LogP contribution in [0.4, 0.5) is 0 Å². The van der Waals surface area contributed by atoms with Crippen LogP contribution in [0, 0.1) is 5.92 Å². The Morgan fingerprint density at radius 3 is 2.91 bits per heavy atom. The second kappa shape index (κ2) is 7.04. The third kappa shape index (κ3) is 3.94. The highest BCUT2D eigenvalue weighted by Gasteiger charge is 2.29. The topological polar surface area (TPSA) is 40.5 Å². The summed E-state index contributed by atoms with van der Waals surface area (Å²) in [5, 5.41) is 9.99. The Labute approximate surface area is 145 Å². The molecule has 0 saturated carbocycles. The minimum absolute atomic E-state index is 0.237. The molecule has 2 atom stereocenters. The van der Waals surface area contributed by atoms with Crippen molar-refractivity contribution in [2.24, 2.45) is 5.92 Å². The van der Waals surface area contributed by atoms with Gasteiger partial charge in [0.05, 0.1) is 5.92 Å². The molecule has 0 spiro atoms. The van der Waals surface area contributed by atoms with Crippen molar-refractivity contribution in [1.29, 1.82) is 0 Å². The number of hydrogen-bond donors (Lipinski definition) is 1. The van der Waals surface area contributed by atoms with Gasteiger partial charge in [0.2, 0.25) is 0 Å². The highest BCUT2D eigenvalue weighted by molar-refractivity contribution is 7.15. The van der Waals surface area contributed by atoms with Gasteiger partial charge in [0.25, 0.3) is 0 Å². The van der Waals surface area contributed by atoms with E-state index in [9.17, 15) is 9.90 Å². The number of thiophene rings is 1. The molecule has 1 saturated heterocycles. The molecule has 0 bridgehead atoms. The Morgan fingerprint density at radius 2 is 2.17 bits per heavy atom. The largest absolute Gasteiger partial charge is 0.481 e. The lowest BCUT2D eigenvalue weighted by atomic mass is 9.93. The molecule has 3 nitrogen and oxygen atoms in total. The fourth-order valence-corrected chi connectivity index (χ4v) is 4.28. The zero-order valence-electron chi connectivity index (χ0n) is 13.0. The minimum atomic E-state index is -0.673. The molecule has 3 rings (SSSR count). The fourth-order valence-electron chi connectivity index (χ4n) is 3.06. The normalized spacial score (nSPS) is 22.2. The monoisotopic (exact) mass is 349 g/mol. The molecule has 1 aromatic heterocycles. The van der Waals surface area contributed by atoms with Gasteiger partial charge in [-0.1, -0.05) is 23.7 Å². The highest BCUT2D eigenvalue weighted by Crippen LogP contribution is 2.32. The highest BCUT2D eigenvalue weighted by atomic mass is 35.5. The van der Waals surface area contributed by atoms with Crippen LogP contribution in [0.2, 0.25) is 5.02 Å². The van der Waals surface area contributed by atoms with Crippen LogP contribution in [-0.4, -0.2) is 28.6 Å². The van der Waals surface area contributed by atoms with Crippen LogP contribution in [0.1, 0.15) is 24.6 Å². The summed E-state index contributed by atoms with van der Waals surface area (Å²) in [6, 6.07) is 12.6.